The maximum absolute atomic E-state index is 12.0. The van der Waals surface area contributed by atoms with Crippen molar-refractivity contribution in [2.75, 3.05) is 0 Å². The second-order valence-corrected chi connectivity index (χ2v) is 4.89. The number of azide groups is 2. The topological polar surface area (TPSA) is 141 Å². The van der Waals surface area contributed by atoms with Crippen molar-refractivity contribution in [1.82, 2.24) is 0 Å². The smallest absolute Gasteiger partial charge is 0.345 e. The lowest BCUT2D eigenvalue weighted by Crippen LogP contribution is -2.16. The fraction of sp³-hybridized carbons (Fsp3) is 0.125. The third-order valence-corrected chi connectivity index (χ3v) is 3.28. The number of allylic oxidation sites excluding steroid dienone is 6. The number of ether oxygens (including phenoxy) is 1. The number of hydrogen-bond acceptors (Lipinski definition) is 5. The molecule has 0 aromatic heterocycles. The quantitative estimate of drug-likeness (QED) is 0.249. The molecule has 9 nitrogen and oxygen atoms in total. The first kappa shape index (κ1) is 17.6. The molecule has 0 radical (unpaired) electrons. The average molecular weight is 336 g/mol. The molecule has 0 bridgehead atoms. The molecule has 0 aromatic carbocycles. The maximum Gasteiger partial charge on any atom is 0.345 e. The predicted octanol–water partition coefficient (Wildman–Crippen LogP) is 4.22. The minimum Gasteiger partial charge on any atom is -0.386 e. The van der Waals surface area contributed by atoms with Gasteiger partial charge in [0.25, 0.3) is 0 Å². The van der Waals surface area contributed by atoms with E-state index in [-0.39, 0.29) is 11.1 Å². The molecule has 0 saturated carbocycles. The summed E-state index contributed by atoms with van der Waals surface area (Å²) in [5.41, 5.74) is 18.5. The molecule has 0 atom stereocenters. The van der Waals surface area contributed by atoms with Crippen LogP contribution in [0.25, 0.3) is 20.9 Å². The van der Waals surface area contributed by atoms with Crippen molar-refractivity contribution >= 4 is 11.9 Å². The summed E-state index contributed by atoms with van der Waals surface area (Å²) in [5.74, 6) is -1.51. The van der Waals surface area contributed by atoms with E-state index in [1.54, 1.807) is 24.3 Å². The van der Waals surface area contributed by atoms with E-state index in [1.165, 1.54) is 24.6 Å². The average Bonchev–Trinajstić information content (AvgIpc) is 2.65. The monoisotopic (exact) mass is 336 g/mol. The Bertz CT molecular complexity index is 804. The molecule has 25 heavy (non-hydrogen) atoms. The molecule has 2 aliphatic carbocycles. The van der Waals surface area contributed by atoms with E-state index in [4.69, 9.17) is 15.8 Å². The Morgan fingerprint density at radius 2 is 1.32 bits per heavy atom. The normalized spacial score (nSPS) is 18.7. The highest BCUT2D eigenvalue weighted by atomic mass is 16.6. The lowest BCUT2D eigenvalue weighted by Gasteiger charge is -2.10. The largest absolute Gasteiger partial charge is 0.386 e. The van der Waals surface area contributed by atoms with Crippen LogP contribution in [0.1, 0.15) is 12.8 Å². The lowest BCUT2D eigenvalue weighted by atomic mass is 10.0. The number of carbonyl (C=O) groups excluding carboxylic acids is 2. The Hall–Kier alpha value is -3.80. The van der Waals surface area contributed by atoms with E-state index < -0.39 is 11.9 Å². The summed E-state index contributed by atoms with van der Waals surface area (Å²) in [5, 5.41) is 6.64. The lowest BCUT2D eigenvalue weighted by molar-refractivity contribution is -0.153. The number of carbonyl (C=O) groups is 2. The Morgan fingerprint density at radius 3 is 1.64 bits per heavy atom. The van der Waals surface area contributed by atoms with Gasteiger partial charge >= 0.3 is 11.9 Å². The molecular formula is C16H12N6O3. The Morgan fingerprint density at radius 1 is 0.880 bits per heavy atom. The summed E-state index contributed by atoms with van der Waals surface area (Å²) in [7, 11) is 0. The molecule has 0 fully saturated rings. The highest BCUT2D eigenvalue weighted by Gasteiger charge is 2.18. The van der Waals surface area contributed by atoms with Gasteiger partial charge in [0, 0.05) is 22.2 Å². The van der Waals surface area contributed by atoms with E-state index in [0.29, 0.717) is 12.8 Å². The zero-order valence-corrected chi connectivity index (χ0v) is 12.9. The Labute approximate surface area is 142 Å². The van der Waals surface area contributed by atoms with Gasteiger partial charge in [-0.15, -0.1) is 0 Å². The Balaban J connectivity index is 1.95. The molecule has 0 spiro atoms. The third-order valence-electron chi connectivity index (χ3n) is 3.28. The molecule has 0 unspecified atom stereocenters. The highest BCUT2D eigenvalue weighted by Crippen LogP contribution is 2.19. The van der Waals surface area contributed by atoms with Crippen LogP contribution in [0.15, 0.2) is 81.4 Å². The summed E-state index contributed by atoms with van der Waals surface area (Å²) in [6.45, 7) is 0. The van der Waals surface area contributed by atoms with Gasteiger partial charge in [-0.3, -0.25) is 0 Å². The van der Waals surface area contributed by atoms with Crippen LogP contribution in [0, 0.1) is 0 Å². The predicted molar refractivity (Wildman–Crippen MR) is 89.2 cm³/mol. The first-order valence-corrected chi connectivity index (χ1v) is 7.13. The van der Waals surface area contributed by atoms with Gasteiger partial charge in [-0.05, 0) is 47.2 Å². The zero-order valence-electron chi connectivity index (χ0n) is 12.9. The van der Waals surface area contributed by atoms with Gasteiger partial charge in [-0.25, -0.2) is 9.59 Å². The zero-order chi connectivity index (χ0) is 18.1. The van der Waals surface area contributed by atoms with E-state index in [1.807, 2.05) is 0 Å². The molecule has 0 aromatic rings. The molecule has 0 N–H and O–H groups in total. The molecule has 0 amide bonds. The number of hydrogen-bond donors (Lipinski definition) is 0. The minimum absolute atomic E-state index is 0.246. The van der Waals surface area contributed by atoms with E-state index >= 15 is 0 Å². The third kappa shape index (κ3) is 5.11. The van der Waals surface area contributed by atoms with Crippen LogP contribution in [-0.2, 0) is 14.3 Å². The van der Waals surface area contributed by atoms with Crippen LogP contribution in [0.3, 0.4) is 0 Å². The molecule has 0 saturated heterocycles. The van der Waals surface area contributed by atoms with Crippen LogP contribution in [0.4, 0.5) is 0 Å². The first-order valence-electron chi connectivity index (χ1n) is 7.13. The van der Waals surface area contributed by atoms with Crippen molar-refractivity contribution in [2.24, 2.45) is 10.2 Å². The summed E-state index contributed by atoms with van der Waals surface area (Å²) < 4.78 is 4.84. The number of esters is 2. The fourth-order valence-corrected chi connectivity index (χ4v) is 2.02. The van der Waals surface area contributed by atoms with Gasteiger partial charge in [0.15, 0.2) is 0 Å². The van der Waals surface area contributed by atoms with E-state index in [2.05, 4.69) is 20.1 Å². The molecule has 2 aliphatic rings. The molecule has 9 heteroatoms. The van der Waals surface area contributed by atoms with Crippen LogP contribution in [-0.4, -0.2) is 11.9 Å². The van der Waals surface area contributed by atoms with Crippen molar-refractivity contribution < 1.29 is 14.3 Å². The van der Waals surface area contributed by atoms with Crippen molar-refractivity contribution in [2.45, 2.75) is 12.8 Å². The van der Waals surface area contributed by atoms with Crippen molar-refractivity contribution in [3.05, 3.63) is 92.0 Å². The van der Waals surface area contributed by atoms with Crippen LogP contribution in [0.2, 0.25) is 0 Å². The van der Waals surface area contributed by atoms with Crippen LogP contribution in [0.5, 0.6) is 0 Å². The van der Waals surface area contributed by atoms with Gasteiger partial charge < -0.3 is 4.74 Å². The van der Waals surface area contributed by atoms with Gasteiger partial charge in [0.2, 0.25) is 0 Å². The van der Waals surface area contributed by atoms with Crippen molar-refractivity contribution in [3.63, 3.8) is 0 Å². The Kier molecular flexibility index (Phi) is 6.13. The van der Waals surface area contributed by atoms with E-state index in [9.17, 15) is 9.59 Å². The van der Waals surface area contributed by atoms with Gasteiger partial charge in [-0.2, -0.15) is 0 Å². The standard InChI is InChI=1S/C16H12N6O3/c17-21-19-9-11-1-5-13(6-2-11)15(23)25-16(24)14-7-3-12(4-8-14)10-20-22-18/h1,3,5-10H,2,4H2. The van der Waals surface area contributed by atoms with Crippen LogP contribution < -0.4 is 0 Å². The molecule has 2 rings (SSSR count). The van der Waals surface area contributed by atoms with Crippen molar-refractivity contribution in [3.8, 4) is 0 Å². The first-order chi connectivity index (χ1) is 12.1. The van der Waals surface area contributed by atoms with E-state index in [0.717, 1.165) is 11.1 Å². The second kappa shape index (κ2) is 8.73. The fourth-order valence-electron chi connectivity index (χ4n) is 2.02. The summed E-state index contributed by atoms with van der Waals surface area (Å²) in [6, 6.07) is 0. The molecule has 124 valence electrons. The second-order valence-electron chi connectivity index (χ2n) is 4.89. The molecule has 0 aliphatic heterocycles. The van der Waals surface area contributed by atoms with Crippen LogP contribution >= 0.6 is 0 Å². The van der Waals surface area contributed by atoms with Gasteiger partial charge in [0.05, 0.1) is 11.1 Å². The number of nitrogens with zero attached hydrogens (tertiary/aromatic N) is 6. The van der Waals surface area contributed by atoms with Gasteiger partial charge in [-0.1, -0.05) is 34.5 Å². The molecule has 0 heterocycles. The van der Waals surface area contributed by atoms with Gasteiger partial charge in [0.1, 0.15) is 0 Å². The summed E-state index contributed by atoms with van der Waals surface area (Å²) in [6.07, 6.45) is 12.9. The summed E-state index contributed by atoms with van der Waals surface area (Å²) >= 11 is 0. The highest BCUT2D eigenvalue weighted by molar-refractivity contribution is 6.04. The number of rotatable bonds is 4. The van der Waals surface area contributed by atoms with Crippen molar-refractivity contribution in [1.29, 1.82) is 0 Å². The summed E-state index contributed by atoms with van der Waals surface area (Å²) in [4.78, 5) is 29.2. The maximum atomic E-state index is 12.0. The molecular weight excluding hydrogens is 324 g/mol. The minimum atomic E-state index is -0.756. The SMILES string of the molecule is [N-]=[N+]=NC=C1C=CC(C(=O)OC(=O)C2=CCC(=CN=[N+]=[N-])C=C2)=CC1.